The van der Waals surface area contributed by atoms with Gasteiger partial charge in [-0.2, -0.15) is 0 Å². The van der Waals surface area contributed by atoms with Crippen molar-refractivity contribution in [3.63, 3.8) is 0 Å². The standard InChI is InChI=1S/C22H32N2/c1-4-6-10-19-14-13-18(3)24(17-19)22-16-20-11-8-9-12-21(20)23(22)15-7-5-2/h8-9,11-14,16,18-19H,4-7,10,15,17H2,1-3H3. The molecule has 2 atom stereocenters. The van der Waals surface area contributed by atoms with E-state index >= 15 is 0 Å². The van der Waals surface area contributed by atoms with Gasteiger partial charge >= 0.3 is 0 Å². The highest BCUT2D eigenvalue weighted by molar-refractivity contribution is 5.85. The molecule has 1 aromatic heterocycles. The van der Waals surface area contributed by atoms with Crippen molar-refractivity contribution in [3.8, 4) is 0 Å². The van der Waals surface area contributed by atoms with Crippen molar-refractivity contribution >= 4 is 16.7 Å². The van der Waals surface area contributed by atoms with Gasteiger partial charge in [-0.1, -0.05) is 63.5 Å². The van der Waals surface area contributed by atoms with E-state index in [0.29, 0.717) is 12.0 Å². The number of hydrogen-bond acceptors (Lipinski definition) is 1. The molecule has 0 radical (unpaired) electrons. The summed E-state index contributed by atoms with van der Waals surface area (Å²) in [7, 11) is 0. The van der Waals surface area contributed by atoms with Gasteiger partial charge in [-0.25, -0.2) is 0 Å². The number of para-hydroxylation sites is 1. The number of rotatable bonds is 7. The van der Waals surface area contributed by atoms with Crippen molar-refractivity contribution in [2.75, 3.05) is 11.4 Å². The number of aryl methyl sites for hydroxylation is 1. The van der Waals surface area contributed by atoms with E-state index in [1.807, 2.05) is 0 Å². The van der Waals surface area contributed by atoms with Gasteiger partial charge in [0.1, 0.15) is 5.82 Å². The van der Waals surface area contributed by atoms with Crippen molar-refractivity contribution in [1.82, 2.24) is 4.57 Å². The molecule has 1 aromatic carbocycles. The van der Waals surface area contributed by atoms with Gasteiger partial charge < -0.3 is 9.47 Å². The van der Waals surface area contributed by atoms with Gasteiger partial charge in [-0.3, -0.25) is 0 Å². The second kappa shape index (κ2) is 7.92. The lowest BCUT2D eigenvalue weighted by atomic mass is 9.96. The van der Waals surface area contributed by atoms with Crippen molar-refractivity contribution in [3.05, 3.63) is 42.5 Å². The summed E-state index contributed by atoms with van der Waals surface area (Å²) in [5.41, 5.74) is 1.38. The first kappa shape index (κ1) is 17.1. The zero-order chi connectivity index (χ0) is 16.9. The Morgan fingerprint density at radius 2 is 1.83 bits per heavy atom. The molecule has 0 N–H and O–H groups in total. The Bertz CT molecular complexity index is 682. The van der Waals surface area contributed by atoms with Crippen LogP contribution in [0.3, 0.4) is 0 Å². The minimum Gasteiger partial charge on any atom is -0.351 e. The molecule has 1 aliphatic heterocycles. The summed E-state index contributed by atoms with van der Waals surface area (Å²) >= 11 is 0. The second-order valence-corrected chi connectivity index (χ2v) is 7.25. The van der Waals surface area contributed by atoms with E-state index in [-0.39, 0.29) is 0 Å². The summed E-state index contributed by atoms with van der Waals surface area (Å²) in [6.07, 6.45) is 11.3. The van der Waals surface area contributed by atoms with E-state index in [1.165, 1.54) is 48.8 Å². The van der Waals surface area contributed by atoms with Crippen LogP contribution in [0, 0.1) is 5.92 Å². The van der Waals surface area contributed by atoms with E-state index in [4.69, 9.17) is 0 Å². The molecule has 2 unspecified atom stereocenters. The first-order valence-corrected chi connectivity index (χ1v) is 9.77. The monoisotopic (exact) mass is 324 g/mol. The molecule has 0 bridgehead atoms. The normalized spacial score (nSPS) is 20.9. The smallest absolute Gasteiger partial charge is 0.110 e. The van der Waals surface area contributed by atoms with E-state index in [1.54, 1.807) is 0 Å². The number of nitrogens with zero attached hydrogens (tertiary/aromatic N) is 2. The zero-order valence-electron chi connectivity index (χ0n) is 15.5. The van der Waals surface area contributed by atoms with Crippen molar-refractivity contribution in [2.45, 2.75) is 65.5 Å². The van der Waals surface area contributed by atoms with Crippen LogP contribution in [-0.2, 0) is 6.54 Å². The first-order chi connectivity index (χ1) is 11.7. The van der Waals surface area contributed by atoms with Crippen LogP contribution in [0.15, 0.2) is 42.5 Å². The molecule has 0 saturated heterocycles. The summed E-state index contributed by atoms with van der Waals surface area (Å²) in [5, 5.41) is 1.37. The highest BCUT2D eigenvalue weighted by Gasteiger charge is 2.24. The molecule has 0 amide bonds. The fraction of sp³-hybridized carbons (Fsp3) is 0.545. The molecule has 0 aliphatic carbocycles. The maximum absolute atomic E-state index is 2.62. The Morgan fingerprint density at radius 1 is 1.04 bits per heavy atom. The van der Waals surface area contributed by atoms with Crippen LogP contribution in [-0.4, -0.2) is 17.2 Å². The number of anilines is 1. The highest BCUT2D eigenvalue weighted by atomic mass is 15.3. The van der Waals surface area contributed by atoms with Gasteiger partial charge in [0.15, 0.2) is 0 Å². The van der Waals surface area contributed by atoms with Gasteiger partial charge in [0.2, 0.25) is 0 Å². The van der Waals surface area contributed by atoms with E-state index < -0.39 is 0 Å². The average Bonchev–Trinajstić information content (AvgIpc) is 2.97. The van der Waals surface area contributed by atoms with E-state index in [0.717, 1.165) is 13.1 Å². The fourth-order valence-electron chi connectivity index (χ4n) is 3.84. The largest absolute Gasteiger partial charge is 0.351 e. The van der Waals surface area contributed by atoms with Crippen LogP contribution >= 0.6 is 0 Å². The third-order valence-corrected chi connectivity index (χ3v) is 5.33. The zero-order valence-corrected chi connectivity index (χ0v) is 15.5. The third-order valence-electron chi connectivity index (χ3n) is 5.33. The molecule has 0 fully saturated rings. The Morgan fingerprint density at radius 3 is 2.62 bits per heavy atom. The summed E-state index contributed by atoms with van der Waals surface area (Å²) in [5.74, 6) is 2.10. The number of fused-ring (bicyclic) bond motifs is 1. The minimum atomic E-state index is 0.479. The van der Waals surface area contributed by atoms with Crippen molar-refractivity contribution in [2.24, 2.45) is 5.92 Å². The molecular formula is C22H32N2. The molecule has 3 rings (SSSR count). The van der Waals surface area contributed by atoms with Crippen molar-refractivity contribution < 1.29 is 0 Å². The first-order valence-electron chi connectivity index (χ1n) is 9.77. The molecule has 2 nitrogen and oxygen atoms in total. The summed E-state index contributed by atoms with van der Waals surface area (Å²) in [4.78, 5) is 2.62. The van der Waals surface area contributed by atoms with Gasteiger partial charge in [0.25, 0.3) is 0 Å². The lowest BCUT2D eigenvalue weighted by Gasteiger charge is -2.36. The molecule has 2 aromatic rings. The summed E-state index contributed by atoms with van der Waals surface area (Å²) in [6.45, 7) is 9.16. The van der Waals surface area contributed by atoms with Crippen LogP contribution in [0.4, 0.5) is 5.82 Å². The molecule has 2 heteroatoms. The van der Waals surface area contributed by atoms with Crippen LogP contribution in [0.1, 0.15) is 52.9 Å². The maximum atomic E-state index is 2.62. The quantitative estimate of drug-likeness (QED) is 0.566. The fourth-order valence-corrected chi connectivity index (χ4v) is 3.84. The van der Waals surface area contributed by atoms with Gasteiger partial charge in [0.05, 0.1) is 0 Å². The summed E-state index contributed by atoms with van der Waals surface area (Å²) in [6, 6.07) is 11.7. The second-order valence-electron chi connectivity index (χ2n) is 7.25. The van der Waals surface area contributed by atoms with Crippen molar-refractivity contribution in [1.29, 1.82) is 0 Å². The molecular weight excluding hydrogens is 292 g/mol. The van der Waals surface area contributed by atoms with Crippen LogP contribution < -0.4 is 4.90 Å². The number of unbranched alkanes of at least 4 members (excludes halogenated alkanes) is 2. The van der Waals surface area contributed by atoms with Crippen LogP contribution in [0.5, 0.6) is 0 Å². The lowest BCUT2D eigenvalue weighted by Crippen LogP contribution is -2.40. The van der Waals surface area contributed by atoms with Crippen LogP contribution in [0.25, 0.3) is 10.9 Å². The predicted molar refractivity (Wildman–Crippen MR) is 106 cm³/mol. The van der Waals surface area contributed by atoms with Gasteiger partial charge in [0, 0.05) is 30.0 Å². The molecule has 1 aliphatic rings. The Hall–Kier alpha value is -1.70. The maximum Gasteiger partial charge on any atom is 0.110 e. The Kier molecular flexibility index (Phi) is 5.65. The molecule has 0 saturated carbocycles. The predicted octanol–water partition coefficient (Wildman–Crippen LogP) is 6.01. The summed E-state index contributed by atoms with van der Waals surface area (Å²) < 4.78 is 2.55. The number of hydrogen-bond donors (Lipinski definition) is 0. The third kappa shape index (κ3) is 3.53. The minimum absolute atomic E-state index is 0.479. The van der Waals surface area contributed by atoms with E-state index in [2.05, 4.69) is 72.7 Å². The number of benzene rings is 1. The van der Waals surface area contributed by atoms with E-state index in [9.17, 15) is 0 Å². The number of aromatic nitrogens is 1. The molecule has 0 spiro atoms. The topological polar surface area (TPSA) is 8.17 Å². The molecule has 130 valence electrons. The van der Waals surface area contributed by atoms with Crippen LogP contribution in [0.2, 0.25) is 0 Å². The lowest BCUT2D eigenvalue weighted by molar-refractivity contribution is 0.499. The molecule has 2 heterocycles. The SMILES string of the molecule is CCCCC1C=CC(C)N(c2cc3ccccc3n2CCCC)C1. The van der Waals surface area contributed by atoms with Gasteiger partial charge in [-0.15, -0.1) is 0 Å². The Balaban J connectivity index is 1.93. The van der Waals surface area contributed by atoms with Gasteiger partial charge in [-0.05, 0) is 37.8 Å². The molecule has 24 heavy (non-hydrogen) atoms. The highest BCUT2D eigenvalue weighted by Crippen LogP contribution is 2.32. The average molecular weight is 325 g/mol. The Labute approximate surface area is 147 Å².